The number of aromatic nitrogens is 3. The molecule has 5 nitrogen and oxygen atoms in total. The number of pyridine rings is 1. The topological polar surface area (TPSA) is 63.8 Å². The molecule has 2 aromatic rings. The minimum atomic E-state index is -0.382. The van der Waals surface area contributed by atoms with Crippen LogP contribution in [0.15, 0.2) is 22.7 Å². The van der Waals surface area contributed by atoms with Gasteiger partial charge in [0.1, 0.15) is 11.5 Å². The molecule has 18 heavy (non-hydrogen) atoms. The van der Waals surface area contributed by atoms with Gasteiger partial charge < -0.3 is 9.73 Å². The maximum absolute atomic E-state index is 12.7. The number of nitrogens with zero attached hydrogens (tertiary/aromatic N) is 3. The Hall–Kier alpha value is -1.82. The maximum atomic E-state index is 12.7. The van der Waals surface area contributed by atoms with Crippen molar-refractivity contribution in [1.29, 1.82) is 0 Å². The van der Waals surface area contributed by atoms with Crippen molar-refractivity contribution in [3.8, 4) is 11.6 Å². The van der Waals surface area contributed by atoms with Crippen LogP contribution in [0.4, 0.5) is 4.39 Å². The van der Waals surface area contributed by atoms with Crippen LogP contribution in [0.5, 0.6) is 0 Å². The number of halogens is 1. The quantitative estimate of drug-likeness (QED) is 0.870. The molecule has 1 N–H and O–H groups in total. The van der Waals surface area contributed by atoms with Crippen molar-refractivity contribution >= 4 is 0 Å². The molecule has 0 saturated heterocycles. The summed E-state index contributed by atoms with van der Waals surface area (Å²) in [6.45, 7) is 0.836. The van der Waals surface area contributed by atoms with Crippen LogP contribution in [0.3, 0.4) is 0 Å². The lowest BCUT2D eigenvalue weighted by Crippen LogP contribution is -2.19. The van der Waals surface area contributed by atoms with E-state index in [1.807, 2.05) is 0 Å². The lowest BCUT2D eigenvalue weighted by Gasteiger charge is -1.97. The van der Waals surface area contributed by atoms with Crippen molar-refractivity contribution in [2.75, 3.05) is 6.54 Å². The summed E-state index contributed by atoms with van der Waals surface area (Å²) >= 11 is 0. The second-order valence-electron chi connectivity index (χ2n) is 4.34. The van der Waals surface area contributed by atoms with Crippen LogP contribution in [-0.4, -0.2) is 27.8 Å². The average molecular weight is 248 g/mol. The molecule has 1 fully saturated rings. The molecule has 1 aliphatic rings. The van der Waals surface area contributed by atoms with E-state index in [0.717, 1.165) is 12.7 Å². The second kappa shape index (κ2) is 4.81. The van der Waals surface area contributed by atoms with Crippen LogP contribution in [0.1, 0.15) is 18.7 Å². The number of hydrogen-bond donors (Lipinski definition) is 1. The summed E-state index contributed by atoms with van der Waals surface area (Å²) in [5, 5.41) is 11.2. The van der Waals surface area contributed by atoms with E-state index in [4.69, 9.17) is 4.42 Å². The zero-order valence-corrected chi connectivity index (χ0v) is 9.77. The summed E-state index contributed by atoms with van der Waals surface area (Å²) in [6.07, 6.45) is 4.35. The SMILES string of the molecule is Fc1ccc(-c2nnc(CCNC3CC3)o2)nc1. The van der Waals surface area contributed by atoms with Crippen molar-refractivity contribution in [3.63, 3.8) is 0 Å². The van der Waals surface area contributed by atoms with Gasteiger partial charge in [-0.05, 0) is 25.0 Å². The van der Waals surface area contributed by atoms with E-state index in [9.17, 15) is 4.39 Å². The molecule has 94 valence electrons. The zero-order valence-electron chi connectivity index (χ0n) is 9.77. The van der Waals surface area contributed by atoms with E-state index < -0.39 is 0 Å². The second-order valence-corrected chi connectivity index (χ2v) is 4.34. The van der Waals surface area contributed by atoms with Crippen LogP contribution >= 0.6 is 0 Å². The summed E-state index contributed by atoms with van der Waals surface area (Å²) in [5.74, 6) is 0.521. The fraction of sp³-hybridized carbons (Fsp3) is 0.417. The van der Waals surface area contributed by atoms with Crippen LogP contribution in [0, 0.1) is 5.82 Å². The van der Waals surface area contributed by atoms with Gasteiger partial charge in [-0.25, -0.2) is 9.37 Å². The molecule has 1 saturated carbocycles. The molecule has 2 aromatic heterocycles. The molecule has 0 bridgehead atoms. The van der Waals surface area contributed by atoms with Gasteiger partial charge in [0, 0.05) is 19.0 Å². The number of nitrogens with one attached hydrogen (secondary N) is 1. The average Bonchev–Trinajstić information content (AvgIpc) is 3.08. The van der Waals surface area contributed by atoms with E-state index in [2.05, 4.69) is 20.5 Å². The summed E-state index contributed by atoms with van der Waals surface area (Å²) in [7, 11) is 0. The van der Waals surface area contributed by atoms with Crippen molar-refractivity contribution in [1.82, 2.24) is 20.5 Å². The summed E-state index contributed by atoms with van der Waals surface area (Å²) in [6, 6.07) is 3.52. The Morgan fingerprint density at radius 3 is 2.94 bits per heavy atom. The Balaban J connectivity index is 1.62. The molecule has 0 atom stereocenters. The lowest BCUT2D eigenvalue weighted by atomic mass is 10.3. The highest BCUT2D eigenvalue weighted by Crippen LogP contribution is 2.19. The Morgan fingerprint density at radius 2 is 2.22 bits per heavy atom. The van der Waals surface area contributed by atoms with Gasteiger partial charge in [0.05, 0.1) is 6.20 Å². The molecule has 0 radical (unpaired) electrons. The highest BCUT2D eigenvalue weighted by atomic mass is 19.1. The van der Waals surface area contributed by atoms with Crippen molar-refractivity contribution in [2.45, 2.75) is 25.3 Å². The first kappa shape index (κ1) is 11.3. The Kier molecular flexibility index (Phi) is 3.02. The van der Waals surface area contributed by atoms with Gasteiger partial charge in [-0.2, -0.15) is 0 Å². The molecular weight excluding hydrogens is 235 g/mol. The predicted molar refractivity (Wildman–Crippen MR) is 62.2 cm³/mol. The van der Waals surface area contributed by atoms with Gasteiger partial charge in [0.2, 0.25) is 5.89 Å². The summed E-state index contributed by atoms with van der Waals surface area (Å²) in [4.78, 5) is 3.89. The molecule has 6 heteroatoms. The zero-order chi connectivity index (χ0) is 12.4. The van der Waals surface area contributed by atoms with Crippen LogP contribution < -0.4 is 5.32 Å². The number of hydrogen-bond acceptors (Lipinski definition) is 5. The minimum Gasteiger partial charge on any atom is -0.419 e. The van der Waals surface area contributed by atoms with Crippen LogP contribution in [0.25, 0.3) is 11.6 Å². The molecular formula is C12H13FN4O. The van der Waals surface area contributed by atoms with Gasteiger partial charge in [-0.15, -0.1) is 10.2 Å². The minimum absolute atomic E-state index is 0.330. The Bertz CT molecular complexity index is 521. The molecule has 3 rings (SSSR count). The first-order valence-corrected chi connectivity index (χ1v) is 5.99. The molecule has 2 heterocycles. The van der Waals surface area contributed by atoms with E-state index in [1.165, 1.54) is 25.0 Å². The highest BCUT2D eigenvalue weighted by Gasteiger charge is 2.20. The summed E-state index contributed by atoms with van der Waals surface area (Å²) in [5.41, 5.74) is 0.491. The standard InChI is InChI=1S/C12H13FN4O/c13-8-1-4-10(15-7-8)12-17-16-11(18-12)5-6-14-9-2-3-9/h1,4,7,9,14H,2-3,5-6H2. The van der Waals surface area contributed by atoms with E-state index in [1.54, 1.807) is 0 Å². The van der Waals surface area contributed by atoms with Gasteiger partial charge in [-0.1, -0.05) is 0 Å². The van der Waals surface area contributed by atoms with Gasteiger partial charge >= 0.3 is 0 Å². The Morgan fingerprint density at radius 1 is 1.33 bits per heavy atom. The first-order valence-electron chi connectivity index (χ1n) is 5.99. The molecule has 0 unspecified atom stereocenters. The fourth-order valence-corrected chi connectivity index (χ4v) is 1.63. The van der Waals surface area contributed by atoms with Gasteiger partial charge in [-0.3, -0.25) is 0 Å². The van der Waals surface area contributed by atoms with E-state index >= 15 is 0 Å². The predicted octanol–water partition coefficient (Wildman–Crippen LogP) is 1.57. The monoisotopic (exact) mass is 248 g/mol. The van der Waals surface area contributed by atoms with E-state index in [0.29, 0.717) is 29.9 Å². The molecule has 0 amide bonds. The lowest BCUT2D eigenvalue weighted by molar-refractivity contribution is 0.492. The Labute approximate surface area is 103 Å². The smallest absolute Gasteiger partial charge is 0.266 e. The molecule has 0 aromatic carbocycles. The first-order chi connectivity index (χ1) is 8.81. The largest absolute Gasteiger partial charge is 0.419 e. The van der Waals surface area contributed by atoms with Crippen molar-refractivity contribution in [2.24, 2.45) is 0 Å². The third-order valence-corrected chi connectivity index (χ3v) is 2.76. The van der Waals surface area contributed by atoms with Crippen molar-refractivity contribution in [3.05, 3.63) is 30.0 Å². The third-order valence-electron chi connectivity index (χ3n) is 2.76. The van der Waals surface area contributed by atoms with Gasteiger partial charge in [0.15, 0.2) is 0 Å². The van der Waals surface area contributed by atoms with Gasteiger partial charge in [0.25, 0.3) is 5.89 Å². The molecule has 1 aliphatic carbocycles. The highest BCUT2D eigenvalue weighted by molar-refractivity contribution is 5.45. The fourth-order valence-electron chi connectivity index (χ4n) is 1.63. The third kappa shape index (κ3) is 2.70. The van der Waals surface area contributed by atoms with Crippen LogP contribution in [-0.2, 0) is 6.42 Å². The van der Waals surface area contributed by atoms with Crippen molar-refractivity contribution < 1.29 is 8.81 Å². The maximum Gasteiger partial charge on any atom is 0.266 e. The van der Waals surface area contributed by atoms with Crippen LogP contribution in [0.2, 0.25) is 0 Å². The normalized spacial score (nSPS) is 14.9. The molecule has 0 spiro atoms. The molecule has 0 aliphatic heterocycles. The summed E-state index contributed by atoms with van der Waals surface area (Å²) < 4.78 is 18.2. The van der Waals surface area contributed by atoms with E-state index in [-0.39, 0.29) is 5.82 Å². The number of rotatable bonds is 5.